The van der Waals surface area contributed by atoms with Crippen LogP contribution in [0.3, 0.4) is 0 Å². The van der Waals surface area contributed by atoms with E-state index in [1.54, 1.807) is 0 Å². The van der Waals surface area contributed by atoms with Crippen LogP contribution in [0, 0.1) is 0 Å². The number of rotatable bonds is 8. The SMILES string of the molecule is CCCNCCOCCC1CCCCN1C. The molecular weight excluding hydrogens is 200 g/mol. The summed E-state index contributed by atoms with van der Waals surface area (Å²) >= 11 is 0. The van der Waals surface area contributed by atoms with Gasteiger partial charge >= 0.3 is 0 Å². The topological polar surface area (TPSA) is 24.5 Å². The number of likely N-dealkylation sites (tertiary alicyclic amines) is 1. The summed E-state index contributed by atoms with van der Waals surface area (Å²) in [5.74, 6) is 0. The van der Waals surface area contributed by atoms with Gasteiger partial charge in [-0.2, -0.15) is 0 Å². The minimum atomic E-state index is 0.761. The van der Waals surface area contributed by atoms with Crippen molar-refractivity contribution < 1.29 is 4.74 Å². The molecule has 0 amide bonds. The molecule has 3 nitrogen and oxygen atoms in total. The molecule has 0 saturated carbocycles. The van der Waals surface area contributed by atoms with Gasteiger partial charge in [-0.25, -0.2) is 0 Å². The van der Waals surface area contributed by atoms with E-state index in [1.807, 2.05) is 0 Å². The van der Waals surface area contributed by atoms with Crippen molar-refractivity contribution in [2.24, 2.45) is 0 Å². The van der Waals surface area contributed by atoms with Crippen molar-refractivity contribution in [2.75, 3.05) is 39.9 Å². The van der Waals surface area contributed by atoms with Gasteiger partial charge in [-0.3, -0.25) is 0 Å². The van der Waals surface area contributed by atoms with Crippen molar-refractivity contribution in [1.29, 1.82) is 0 Å². The van der Waals surface area contributed by atoms with E-state index in [1.165, 1.54) is 38.6 Å². The molecule has 16 heavy (non-hydrogen) atoms. The van der Waals surface area contributed by atoms with Crippen LogP contribution in [0.15, 0.2) is 0 Å². The first-order valence-corrected chi connectivity index (χ1v) is 6.83. The van der Waals surface area contributed by atoms with Crippen molar-refractivity contribution in [3.8, 4) is 0 Å². The number of ether oxygens (including phenoxy) is 1. The zero-order valence-corrected chi connectivity index (χ0v) is 11.0. The second-order valence-electron chi connectivity index (χ2n) is 4.78. The third-order valence-corrected chi connectivity index (χ3v) is 3.37. The summed E-state index contributed by atoms with van der Waals surface area (Å²) in [6.45, 7) is 7.33. The minimum absolute atomic E-state index is 0.761. The average molecular weight is 228 g/mol. The second kappa shape index (κ2) is 8.97. The van der Waals surface area contributed by atoms with Gasteiger partial charge in [-0.15, -0.1) is 0 Å². The smallest absolute Gasteiger partial charge is 0.0590 e. The predicted octanol–water partition coefficient (Wildman–Crippen LogP) is 1.88. The Bertz CT molecular complexity index is 164. The second-order valence-corrected chi connectivity index (χ2v) is 4.78. The molecule has 0 aromatic rings. The summed E-state index contributed by atoms with van der Waals surface area (Å²) in [5.41, 5.74) is 0. The average Bonchev–Trinajstić information content (AvgIpc) is 2.30. The Hall–Kier alpha value is -0.120. The lowest BCUT2D eigenvalue weighted by molar-refractivity contribution is 0.0934. The van der Waals surface area contributed by atoms with Crippen molar-refractivity contribution >= 4 is 0 Å². The highest BCUT2D eigenvalue weighted by molar-refractivity contribution is 4.73. The molecule has 1 saturated heterocycles. The Morgan fingerprint density at radius 1 is 1.25 bits per heavy atom. The normalized spacial score (nSPS) is 22.5. The van der Waals surface area contributed by atoms with Crippen LogP contribution in [0.4, 0.5) is 0 Å². The van der Waals surface area contributed by atoms with Gasteiger partial charge in [0.25, 0.3) is 0 Å². The first-order chi connectivity index (χ1) is 7.84. The molecule has 0 bridgehead atoms. The number of hydrogen-bond donors (Lipinski definition) is 1. The molecule has 1 aliphatic heterocycles. The largest absolute Gasteiger partial charge is 0.380 e. The van der Waals surface area contributed by atoms with Gasteiger partial charge in [0.1, 0.15) is 0 Å². The van der Waals surface area contributed by atoms with E-state index >= 15 is 0 Å². The van der Waals surface area contributed by atoms with Crippen molar-refractivity contribution in [2.45, 2.75) is 45.1 Å². The molecule has 0 spiro atoms. The number of nitrogens with one attached hydrogen (secondary N) is 1. The van der Waals surface area contributed by atoms with E-state index in [0.29, 0.717) is 0 Å². The fraction of sp³-hybridized carbons (Fsp3) is 1.00. The van der Waals surface area contributed by atoms with E-state index in [2.05, 4.69) is 24.2 Å². The summed E-state index contributed by atoms with van der Waals surface area (Å²) in [4.78, 5) is 2.49. The third-order valence-electron chi connectivity index (χ3n) is 3.37. The number of piperidine rings is 1. The van der Waals surface area contributed by atoms with Gasteiger partial charge in [0.05, 0.1) is 6.61 Å². The van der Waals surface area contributed by atoms with Gasteiger partial charge in [-0.1, -0.05) is 13.3 Å². The maximum absolute atomic E-state index is 5.64. The van der Waals surface area contributed by atoms with Crippen LogP contribution < -0.4 is 5.32 Å². The van der Waals surface area contributed by atoms with Gasteiger partial charge in [0.2, 0.25) is 0 Å². The highest BCUT2D eigenvalue weighted by Crippen LogP contribution is 2.17. The predicted molar refractivity (Wildman–Crippen MR) is 68.9 cm³/mol. The fourth-order valence-corrected chi connectivity index (χ4v) is 2.28. The van der Waals surface area contributed by atoms with E-state index in [-0.39, 0.29) is 0 Å². The third kappa shape index (κ3) is 5.83. The minimum Gasteiger partial charge on any atom is -0.380 e. The molecule has 0 aromatic heterocycles. The van der Waals surface area contributed by atoms with Gasteiger partial charge < -0.3 is 15.0 Å². The number of nitrogens with zero attached hydrogens (tertiary/aromatic N) is 1. The molecule has 1 heterocycles. The lowest BCUT2D eigenvalue weighted by Gasteiger charge is -2.32. The molecule has 1 atom stereocenters. The Labute approximate surface area is 101 Å². The Morgan fingerprint density at radius 2 is 2.12 bits per heavy atom. The molecule has 1 rings (SSSR count). The molecule has 1 aliphatic rings. The molecule has 0 radical (unpaired) electrons. The van der Waals surface area contributed by atoms with Gasteiger partial charge in [0, 0.05) is 19.2 Å². The van der Waals surface area contributed by atoms with Crippen LogP contribution in [-0.2, 0) is 4.74 Å². The summed E-state index contributed by atoms with van der Waals surface area (Å²) in [7, 11) is 2.24. The van der Waals surface area contributed by atoms with Crippen LogP contribution in [0.5, 0.6) is 0 Å². The van der Waals surface area contributed by atoms with Crippen LogP contribution in [0.2, 0.25) is 0 Å². The summed E-state index contributed by atoms with van der Waals surface area (Å²) in [6, 6.07) is 0.761. The molecule has 96 valence electrons. The maximum atomic E-state index is 5.64. The van der Waals surface area contributed by atoms with Crippen molar-refractivity contribution in [3.05, 3.63) is 0 Å². The van der Waals surface area contributed by atoms with Crippen molar-refractivity contribution in [3.63, 3.8) is 0 Å². The van der Waals surface area contributed by atoms with E-state index in [9.17, 15) is 0 Å². The van der Waals surface area contributed by atoms with Crippen LogP contribution in [0.25, 0.3) is 0 Å². The molecule has 1 unspecified atom stereocenters. The Kier molecular flexibility index (Phi) is 7.81. The fourth-order valence-electron chi connectivity index (χ4n) is 2.28. The summed E-state index contributed by atoms with van der Waals surface area (Å²) in [6.07, 6.45) is 6.52. The molecule has 1 N–H and O–H groups in total. The van der Waals surface area contributed by atoms with E-state index in [4.69, 9.17) is 4.74 Å². The van der Waals surface area contributed by atoms with Crippen LogP contribution in [0.1, 0.15) is 39.0 Å². The van der Waals surface area contributed by atoms with Gasteiger partial charge in [-0.05, 0) is 45.8 Å². The van der Waals surface area contributed by atoms with E-state index in [0.717, 1.165) is 32.3 Å². The molecular formula is C13H28N2O. The molecule has 3 heteroatoms. The zero-order chi connectivity index (χ0) is 11.6. The maximum Gasteiger partial charge on any atom is 0.0590 e. The Balaban J connectivity index is 1.90. The van der Waals surface area contributed by atoms with Crippen LogP contribution >= 0.6 is 0 Å². The Morgan fingerprint density at radius 3 is 2.88 bits per heavy atom. The van der Waals surface area contributed by atoms with Crippen molar-refractivity contribution in [1.82, 2.24) is 10.2 Å². The molecule has 0 aromatic carbocycles. The molecule has 0 aliphatic carbocycles. The number of hydrogen-bond acceptors (Lipinski definition) is 3. The first-order valence-electron chi connectivity index (χ1n) is 6.83. The highest BCUT2D eigenvalue weighted by Gasteiger charge is 2.17. The molecule has 1 fully saturated rings. The summed E-state index contributed by atoms with van der Waals surface area (Å²) in [5, 5.41) is 3.35. The van der Waals surface area contributed by atoms with Crippen LogP contribution in [-0.4, -0.2) is 50.8 Å². The first kappa shape index (κ1) is 13.9. The standard InChI is InChI=1S/C13H28N2O/c1-3-8-14-9-12-16-11-7-13-6-4-5-10-15(13)2/h13-14H,3-12H2,1-2H3. The monoisotopic (exact) mass is 228 g/mol. The lowest BCUT2D eigenvalue weighted by Crippen LogP contribution is -2.37. The lowest BCUT2D eigenvalue weighted by atomic mass is 10.0. The quantitative estimate of drug-likeness (QED) is 0.642. The van der Waals surface area contributed by atoms with E-state index < -0.39 is 0 Å². The van der Waals surface area contributed by atoms with Gasteiger partial charge in [0.15, 0.2) is 0 Å². The summed E-state index contributed by atoms with van der Waals surface area (Å²) < 4.78 is 5.64. The zero-order valence-electron chi connectivity index (χ0n) is 11.0. The highest BCUT2D eigenvalue weighted by atomic mass is 16.5.